The number of likely N-dealkylation sites (N-methyl/N-ethyl adjacent to an activating group) is 1. The zero-order valence-electron chi connectivity index (χ0n) is 28.2. The molecule has 3 nitrogen and oxygen atoms in total. The van der Waals surface area contributed by atoms with Crippen molar-refractivity contribution < 1.29 is 8.78 Å². The molecule has 1 fully saturated rings. The Labute approximate surface area is 294 Å². The van der Waals surface area contributed by atoms with Gasteiger partial charge in [0.15, 0.2) is 0 Å². The van der Waals surface area contributed by atoms with Crippen molar-refractivity contribution in [2.24, 2.45) is 0 Å². The highest BCUT2D eigenvalue weighted by atomic mass is 19.1. The lowest BCUT2D eigenvalue weighted by Crippen LogP contribution is -2.44. The molecular formula is C45H41F2N3. The van der Waals surface area contributed by atoms with E-state index in [-0.39, 0.29) is 11.6 Å². The summed E-state index contributed by atoms with van der Waals surface area (Å²) in [6.45, 7) is 4.35. The van der Waals surface area contributed by atoms with Gasteiger partial charge in [-0.3, -0.25) is 0 Å². The molecule has 5 heteroatoms. The average molecular weight is 662 g/mol. The van der Waals surface area contributed by atoms with E-state index in [0.717, 1.165) is 54.4 Å². The van der Waals surface area contributed by atoms with Gasteiger partial charge in [0.1, 0.15) is 11.6 Å². The van der Waals surface area contributed by atoms with E-state index in [1.807, 2.05) is 78.9 Å². The Bertz CT molecular complexity index is 1940. The predicted octanol–water partition coefficient (Wildman–Crippen LogP) is 11.2. The Kier molecular flexibility index (Phi) is 11.6. The molecule has 0 spiro atoms. The molecule has 1 saturated heterocycles. The summed E-state index contributed by atoms with van der Waals surface area (Å²) in [5, 5.41) is 0. The molecule has 50 heavy (non-hydrogen) atoms. The fraction of sp³-hybridized carbons (Fsp3) is 0.111. The van der Waals surface area contributed by atoms with Crippen molar-refractivity contribution in [1.29, 1.82) is 0 Å². The topological polar surface area (TPSA) is 9.72 Å². The molecule has 1 aliphatic heterocycles. The van der Waals surface area contributed by atoms with Gasteiger partial charge in [-0.05, 0) is 78.8 Å². The normalized spacial score (nSPS) is 13.3. The number of rotatable bonds is 8. The van der Waals surface area contributed by atoms with Gasteiger partial charge in [-0.25, -0.2) is 8.78 Å². The van der Waals surface area contributed by atoms with Gasteiger partial charge in [-0.2, -0.15) is 0 Å². The van der Waals surface area contributed by atoms with E-state index in [0.29, 0.717) is 11.1 Å². The number of hydrogen-bond acceptors (Lipinski definition) is 3. The number of benzene rings is 6. The molecule has 0 aromatic heterocycles. The van der Waals surface area contributed by atoms with Crippen LogP contribution in [0.2, 0.25) is 0 Å². The lowest BCUT2D eigenvalue weighted by atomic mass is 10.1. The third kappa shape index (κ3) is 9.22. The fourth-order valence-corrected chi connectivity index (χ4v) is 5.79. The number of anilines is 4. The van der Waals surface area contributed by atoms with Crippen molar-refractivity contribution in [3.63, 3.8) is 0 Å². The Morgan fingerprint density at radius 1 is 0.440 bits per heavy atom. The number of hydrogen-bond donors (Lipinski definition) is 0. The number of para-hydroxylation sites is 2. The summed E-state index contributed by atoms with van der Waals surface area (Å²) in [4.78, 5) is 6.97. The van der Waals surface area contributed by atoms with Crippen molar-refractivity contribution >= 4 is 47.1 Å². The summed E-state index contributed by atoms with van der Waals surface area (Å²) in [6.07, 6.45) is 7.50. The van der Waals surface area contributed by atoms with Crippen molar-refractivity contribution in [3.8, 4) is 0 Å². The molecule has 0 bridgehead atoms. The average Bonchev–Trinajstić information content (AvgIpc) is 3.17. The summed E-state index contributed by atoms with van der Waals surface area (Å²) < 4.78 is 27.3. The third-order valence-electron chi connectivity index (χ3n) is 8.66. The minimum absolute atomic E-state index is 0.187. The van der Waals surface area contributed by atoms with Gasteiger partial charge in [0.2, 0.25) is 0 Å². The van der Waals surface area contributed by atoms with E-state index in [9.17, 15) is 8.78 Å². The van der Waals surface area contributed by atoms with Gasteiger partial charge in [0, 0.05) is 60.1 Å². The van der Waals surface area contributed by atoms with Crippen LogP contribution in [0.5, 0.6) is 0 Å². The van der Waals surface area contributed by atoms with Crippen molar-refractivity contribution in [2.75, 3.05) is 43.0 Å². The molecule has 6 aromatic carbocycles. The van der Waals surface area contributed by atoms with Gasteiger partial charge in [-0.15, -0.1) is 0 Å². The number of nitrogens with zero attached hydrogens (tertiary/aromatic N) is 3. The summed E-state index contributed by atoms with van der Waals surface area (Å²) in [6, 6.07) is 50.9. The van der Waals surface area contributed by atoms with Gasteiger partial charge in [0.05, 0.1) is 0 Å². The predicted molar refractivity (Wildman–Crippen MR) is 208 cm³/mol. The fourth-order valence-electron chi connectivity index (χ4n) is 5.79. The first kappa shape index (κ1) is 34.1. The summed E-state index contributed by atoms with van der Waals surface area (Å²) in [7, 11) is 2.16. The maximum Gasteiger partial charge on any atom is 0.130 e. The van der Waals surface area contributed by atoms with Crippen LogP contribution >= 0.6 is 0 Å². The van der Waals surface area contributed by atoms with Crippen molar-refractivity contribution in [1.82, 2.24) is 4.90 Å². The van der Waals surface area contributed by atoms with Crippen LogP contribution in [0.15, 0.2) is 158 Å². The smallest absolute Gasteiger partial charge is 0.130 e. The van der Waals surface area contributed by atoms with Gasteiger partial charge >= 0.3 is 0 Å². The van der Waals surface area contributed by atoms with E-state index in [2.05, 4.69) is 82.4 Å². The zero-order valence-corrected chi connectivity index (χ0v) is 28.2. The minimum atomic E-state index is -0.213. The molecule has 0 aliphatic carbocycles. The van der Waals surface area contributed by atoms with Crippen LogP contribution < -0.4 is 9.80 Å². The maximum absolute atomic E-state index is 13.8. The van der Waals surface area contributed by atoms with Crippen LogP contribution in [-0.2, 0) is 0 Å². The second-order valence-electron chi connectivity index (χ2n) is 12.2. The van der Waals surface area contributed by atoms with Gasteiger partial charge in [0.25, 0.3) is 0 Å². The van der Waals surface area contributed by atoms with E-state index in [1.54, 1.807) is 30.3 Å². The monoisotopic (exact) mass is 661 g/mol. The first-order valence-corrected chi connectivity index (χ1v) is 16.9. The molecule has 250 valence electrons. The van der Waals surface area contributed by atoms with E-state index >= 15 is 0 Å². The van der Waals surface area contributed by atoms with Crippen LogP contribution in [0.25, 0.3) is 24.3 Å². The van der Waals surface area contributed by atoms with E-state index in [1.165, 1.54) is 17.8 Å². The second-order valence-corrected chi connectivity index (χ2v) is 12.2. The highest BCUT2D eigenvalue weighted by Crippen LogP contribution is 2.34. The van der Waals surface area contributed by atoms with Gasteiger partial charge < -0.3 is 14.7 Å². The first-order valence-electron chi connectivity index (χ1n) is 16.9. The van der Waals surface area contributed by atoms with E-state index in [4.69, 9.17) is 0 Å². The molecule has 0 amide bonds. The van der Waals surface area contributed by atoms with Crippen LogP contribution in [0, 0.1) is 11.6 Å². The highest BCUT2D eigenvalue weighted by Gasteiger charge is 2.14. The molecule has 0 radical (unpaired) electrons. The molecule has 0 saturated carbocycles. The van der Waals surface area contributed by atoms with Crippen molar-refractivity contribution in [3.05, 3.63) is 192 Å². The Hall–Kier alpha value is -5.78. The first-order chi connectivity index (χ1) is 24.5. The molecule has 0 atom stereocenters. The second kappa shape index (κ2) is 17.0. The van der Waals surface area contributed by atoms with Crippen LogP contribution in [0.3, 0.4) is 0 Å². The van der Waals surface area contributed by atoms with E-state index < -0.39 is 0 Å². The third-order valence-corrected chi connectivity index (χ3v) is 8.66. The molecule has 1 aliphatic rings. The zero-order chi connectivity index (χ0) is 34.5. The SMILES string of the molecule is CN1CCN(c2ccc(/C=C/c3ccccc3F)cc2)CC1.Fc1ccccc1/C=C/c1ccc(N(c2ccccc2)c2ccccc2)cc1. The molecule has 6 aromatic rings. The Balaban J connectivity index is 0.000000178. The largest absolute Gasteiger partial charge is 0.369 e. The van der Waals surface area contributed by atoms with Crippen molar-refractivity contribution in [2.45, 2.75) is 0 Å². The number of halogens is 2. The van der Waals surface area contributed by atoms with Crippen LogP contribution in [0.4, 0.5) is 31.5 Å². The summed E-state index contributed by atoms with van der Waals surface area (Å²) in [5.41, 5.74) is 7.84. The summed E-state index contributed by atoms with van der Waals surface area (Å²) >= 11 is 0. The quantitative estimate of drug-likeness (QED) is 0.150. The molecule has 1 heterocycles. The minimum Gasteiger partial charge on any atom is -0.369 e. The van der Waals surface area contributed by atoms with Gasteiger partial charge in [-0.1, -0.05) is 121 Å². The Morgan fingerprint density at radius 3 is 1.30 bits per heavy atom. The lowest BCUT2D eigenvalue weighted by Gasteiger charge is -2.34. The van der Waals surface area contributed by atoms with Crippen LogP contribution in [0.1, 0.15) is 22.3 Å². The molecular weight excluding hydrogens is 621 g/mol. The molecule has 0 N–H and O–H groups in total. The van der Waals surface area contributed by atoms with Crippen LogP contribution in [-0.4, -0.2) is 38.1 Å². The molecule has 7 rings (SSSR count). The standard InChI is InChI=1S/C26H20FN.C19H21FN2/c27-26-14-8-7-9-22(26)18-15-21-16-19-25(20-17-21)28(23-10-3-1-4-11-23)24-12-5-2-6-13-24;1-21-12-14-22(15-13-21)18-10-7-16(8-11-18)6-9-17-4-2-3-5-19(17)20/h1-20H;2-11H,12-15H2,1H3/b18-15+;9-6+. The molecule has 0 unspecified atom stereocenters. The number of piperazine rings is 1. The highest BCUT2D eigenvalue weighted by molar-refractivity contribution is 5.78. The maximum atomic E-state index is 13.8. The summed E-state index contributed by atoms with van der Waals surface area (Å²) in [5.74, 6) is -0.400. The Morgan fingerprint density at radius 2 is 0.840 bits per heavy atom. The lowest BCUT2D eigenvalue weighted by molar-refractivity contribution is 0.313.